The summed E-state index contributed by atoms with van der Waals surface area (Å²) in [6.07, 6.45) is 15.3. The zero-order chi connectivity index (χ0) is 16.3. The second-order valence-electron chi connectivity index (χ2n) is 6.81. The molecule has 2 nitrogen and oxygen atoms in total. The average Bonchev–Trinajstić information content (AvgIpc) is 2.59. The van der Waals surface area contributed by atoms with Gasteiger partial charge >= 0.3 is 0 Å². The maximum absolute atomic E-state index is 10.8. The number of hydrogen-bond donors (Lipinski definition) is 0. The minimum atomic E-state index is 0.547. The predicted molar refractivity (Wildman–Crippen MR) is 94.9 cm³/mol. The third kappa shape index (κ3) is 5.67. The number of unbranched alkanes of at least 4 members (excludes halogenated alkanes) is 5. The van der Waals surface area contributed by atoms with Crippen molar-refractivity contribution in [1.29, 1.82) is 0 Å². The summed E-state index contributed by atoms with van der Waals surface area (Å²) in [6.45, 7) is 2.80. The number of carbonyl (C=O) groups excluding carboxylic acids is 1. The van der Waals surface area contributed by atoms with Gasteiger partial charge in [-0.1, -0.05) is 70.4 Å². The summed E-state index contributed by atoms with van der Waals surface area (Å²) < 4.78 is 5.25. The third-order valence-electron chi connectivity index (χ3n) is 5.07. The summed E-state index contributed by atoms with van der Waals surface area (Å²) in [5.74, 6) is 1.22. The van der Waals surface area contributed by atoms with Crippen LogP contribution >= 0.6 is 0 Å². The number of benzene rings is 1. The standard InChI is InChI=1S/C21H31O2/c1-2-3-4-5-6-8-12-19-15-11-16-20(23-17-22)21(19)18-13-9-7-10-14-18/h11,15,17-18H,2-10,12-14H2,1H3. The molecule has 0 spiro atoms. The van der Waals surface area contributed by atoms with Crippen LogP contribution in [-0.4, -0.2) is 6.47 Å². The van der Waals surface area contributed by atoms with E-state index in [9.17, 15) is 4.79 Å². The quantitative estimate of drug-likeness (QED) is 0.392. The molecule has 0 heterocycles. The molecule has 2 rings (SSSR count). The second-order valence-corrected chi connectivity index (χ2v) is 6.81. The molecular weight excluding hydrogens is 284 g/mol. The Morgan fingerprint density at radius 2 is 1.87 bits per heavy atom. The van der Waals surface area contributed by atoms with E-state index in [4.69, 9.17) is 4.74 Å². The van der Waals surface area contributed by atoms with Crippen LogP contribution in [0.2, 0.25) is 0 Å². The highest BCUT2D eigenvalue weighted by Crippen LogP contribution is 2.39. The first-order valence-electron chi connectivity index (χ1n) is 9.50. The van der Waals surface area contributed by atoms with E-state index in [0.29, 0.717) is 18.1 Å². The molecule has 1 fully saturated rings. The van der Waals surface area contributed by atoms with Gasteiger partial charge < -0.3 is 4.74 Å². The summed E-state index contributed by atoms with van der Waals surface area (Å²) >= 11 is 0. The van der Waals surface area contributed by atoms with Gasteiger partial charge in [0, 0.05) is 11.6 Å². The molecule has 0 amide bonds. The highest BCUT2D eigenvalue weighted by Gasteiger charge is 2.22. The highest BCUT2D eigenvalue weighted by molar-refractivity contribution is 5.51. The fourth-order valence-electron chi connectivity index (χ4n) is 3.83. The maximum atomic E-state index is 10.8. The molecule has 0 aliphatic heterocycles. The van der Waals surface area contributed by atoms with Gasteiger partial charge in [-0.3, -0.25) is 4.79 Å². The highest BCUT2D eigenvalue weighted by atomic mass is 16.5. The molecule has 1 saturated carbocycles. The van der Waals surface area contributed by atoms with Crippen LogP contribution in [0.5, 0.6) is 5.75 Å². The van der Waals surface area contributed by atoms with Crippen molar-refractivity contribution < 1.29 is 9.53 Å². The predicted octanol–water partition coefficient (Wildman–Crippen LogP) is 5.97. The van der Waals surface area contributed by atoms with Gasteiger partial charge in [0.25, 0.3) is 6.47 Å². The van der Waals surface area contributed by atoms with Crippen LogP contribution in [0.1, 0.15) is 94.6 Å². The molecule has 1 aliphatic carbocycles. The van der Waals surface area contributed by atoms with Crippen molar-refractivity contribution in [2.45, 2.75) is 89.9 Å². The first-order chi connectivity index (χ1) is 11.4. The first kappa shape index (κ1) is 18.0. The van der Waals surface area contributed by atoms with Crippen molar-refractivity contribution in [3.05, 3.63) is 29.3 Å². The van der Waals surface area contributed by atoms with Crippen molar-refractivity contribution >= 4 is 6.47 Å². The molecule has 0 saturated heterocycles. The minimum Gasteiger partial charge on any atom is -0.428 e. The lowest BCUT2D eigenvalue weighted by atomic mass is 9.80. The Morgan fingerprint density at radius 1 is 1.13 bits per heavy atom. The Balaban J connectivity index is 2.01. The molecule has 0 N–H and O–H groups in total. The summed E-state index contributed by atoms with van der Waals surface area (Å²) in [5, 5.41) is 0. The van der Waals surface area contributed by atoms with Gasteiger partial charge in [-0.25, -0.2) is 0 Å². The lowest BCUT2D eigenvalue weighted by molar-refractivity contribution is -0.120. The van der Waals surface area contributed by atoms with E-state index in [2.05, 4.69) is 19.1 Å². The van der Waals surface area contributed by atoms with Crippen molar-refractivity contribution in [2.24, 2.45) is 0 Å². The number of ether oxygens (including phenoxy) is 1. The number of aryl methyl sites for hydroxylation is 1. The monoisotopic (exact) mass is 315 g/mol. The van der Waals surface area contributed by atoms with E-state index in [0.717, 1.165) is 6.42 Å². The largest absolute Gasteiger partial charge is 0.428 e. The average molecular weight is 315 g/mol. The van der Waals surface area contributed by atoms with Gasteiger partial charge in [0.1, 0.15) is 5.75 Å². The molecule has 0 unspecified atom stereocenters. The zero-order valence-electron chi connectivity index (χ0n) is 14.6. The lowest BCUT2D eigenvalue weighted by Crippen LogP contribution is -2.10. The molecular formula is C21H31O2. The fraction of sp³-hybridized carbons (Fsp3) is 0.667. The van der Waals surface area contributed by atoms with E-state index >= 15 is 0 Å². The van der Waals surface area contributed by atoms with Crippen molar-refractivity contribution in [3.63, 3.8) is 0 Å². The van der Waals surface area contributed by atoms with Crippen LogP contribution in [0.4, 0.5) is 0 Å². The number of hydrogen-bond acceptors (Lipinski definition) is 2. The van der Waals surface area contributed by atoms with E-state index in [-0.39, 0.29) is 0 Å². The Labute approximate surface area is 141 Å². The zero-order valence-corrected chi connectivity index (χ0v) is 14.6. The minimum absolute atomic E-state index is 0.547. The van der Waals surface area contributed by atoms with Crippen molar-refractivity contribution in [2.75, 3.05) is 0 Å². The first-order valence-corrected chi connectivity index (χ1v) is 9.50. The van der Waals surface area contributed by atoms with Gasteiger partial charge in [0.05, 0.1) is 0 Å². The lowest BCUT2D eigenvalue weighted by Gasteiger charge is -2.26. The normalized spacial score (nSPS) is 15.5. The van der Waals surface area contributed by atoms with Gasteiger partial charge in [0.2, 0.25) is 0 Å². The second kappa shape index (κ2) is 10.5. The SMILES string of the molecule is CCCCCCCCc1cc[c]c(OC=O)c1C1CCCCC1. The maximum Gasteiger partial charge on any atom is 0.298 e. The topological polar surface area (TPSA) is 26.3 Å². The molecule has 1 aliphatic rings. The van der Waals surface area contributed by atoms with Crippen LogP contribution in [0, 0.1) is 6.07 Å². The third-order valence-corrected chi connectivity index (χ3v) is 5.07. The Bertz CT molecular complexity index is 461. The Morgan fingerprint density at radius 3 is 2.61 bits per heavy atom. The van der Waals surface area contributed by atoms with Crippen LogP contribution in [-0.2, 0) is 11.2 Å². The van der Waals surface area contributed by atoms with E-state index in [1.54, 1.807) is 0 Å². The Hall–Kier alpha value is -1.31. The fourth-order valence-corrected chi connectivity index (χ4v) is 3.83. The molecule has 0 atom stereocenters. The van der Waals surface area contributed by atoms with Crippen LogP contribution in [0.3, 0.4) is 0 Å². The van der Waals surface area contributed by atoms with Gasteiger partial charge in [-0.15, -0.1) is 0 Å². The van der Waals surface area contributed by atoms with Crippen LogP contribution in [0.25, 0.3) is 0 Å². The molecule has 127 valence electrons. The number of carbonyl (C=O) groups is 1. The van der Waals surface area contributed by atoms with E-state index in [1.807, 2.05) is 6.07 Å². The molecule has 1 aromatic rings. The van der Waals surface area contributed by atoms with E-state index < -0.39 is 0 Å². The van der Waals surface area contributed by atoms with Gasteiger partial charge in [-0.05, 0) is 37.2 Å². The molecule has 23 heavy (non-hydrogen) atoms. The molecule has 2 heteroatoms. The smallest absolute Gasteiger partial charge is 0.298 e. The van der Waals surface area contributed by atoms with E-state index in [1.165, 1.54) is 81.8 Å². The van der Waals surface area contributed by atoms with Crippen molar-refractivity contribution in [3.8, 4) is 5.75 Å². The molecule has 0 bridgehead atoms. The number of rotatable bonds is 10. The summed E-state index contributed by atoms with van der Waals surface area (Å²) in [6, 6.07) is 7.24. The van der Waals surface area contributed by atoms with Crippen LogP contribution in [0.15, 0.2) is 12.1 Å². The summed E-state index contributed by atoms with van der Waals surface area (Å²) in [5.41, 5.74) is 2.65. The van der Waals surface area contributed by atoms with Gasteiger partial charge in [-0.2, -0.15) is 0 Å². The van der Waals surface area contributed by atoms with Crippen LogP contribution < -0.4 is 4.74 Å². The summed E-state index contributed by atoms with van der Waals surface area (Å²) in [7, 11) is 0. The molecule has 0 aromatic heterocycles. The van der Waals surface area contributed by atoms with Gasteiger partial charge in [0.15, 0.2) is 0 Å². The molecule has 1 radical (unpaired) electrons. The van der Waals surface area contributed by atoms with Crippen molar-refractivity contribution in [1.82, 2.24) is 0 Å². The summed E-state index contributed by atoms with van der Waals surface area (Å²) in [4.78, 5) is 10.8. The molecule has 1 aromatic carbocycles. The Kier molecular flexibility index (Phi) is 8.20.